The second kappa shape index (κ2) is 17.7. The lowest BCUT2D eigenvalue weighted by Crippen LogP contribution is -2.58. The predicted octanol–water partition coefficient (Wildman–Crippen LogP) is 1.26. The number of primary amides is 1. The summed E-state index contributed by atoms with van der Waals surface area (Å²) < 4.78 is 0. The molecule has 3 aromatic carbocycles. The van der Waals surface area contributed by atoms with Gasteiger partial charge in [-0.2, -0.15) is 0 Å². The van der Waals surface area contributed by atoms with E-state index in [1.54, 1.807) is 37.5 Å². The number of hydrogen-bond donors (Lipinski definition) is 9. The molecule has 0 spiro atoms. The Kier molecular flexibility index (Phi) is 13.1. The molecule has 0 radical (unpaired) electrons. The number of phenolic OH excluding ortho intramolecular Hbond substituents is 2. The summed E-state index contributed by atoms with van der Waals surface area (Å²) in [7, 11) is 1.63. The van der Waals surface area contributed by atoms with Gasteiger partial charge < -0.3 is 47.9 Å². The molecule has 13 nitrogen and oxygen atoms in total. The number of benzene rings is 3. The number of hydrogen-bond acceptors (Lipinski definition) is 8. The minimum atomic E-state index is -1.10. The number of aromatic amines is 1. The van der Waals surface area contributed by atoms with E-state index in [4.69, 9.17) is 11.5 Å². The molecule has 0 bridgehead atoms. The van der Waals surface area contributed by atoms with Gasteiger partial charge in [-0.05, 0) is 86.3 Å². The van der Waals surface area contributed by atoms with Gasteiger partial charge in [-0.1, -0.05) is 42.5 Å². The average molecular weight is 672 g/mol. The molecule has 1 aromatic heterocycles. The zero-order chi connectivity index (χ0) is 35.3. The molecule has 4 atom stereocenters. The molecule has 4 amide bonds. The monoisotopic (exact) mass is 671 g/mol. The van der Waals surface area contributed by atoms with Gasteiger partial charge in [0.2, 0.25) is 23.6 Å². The highest BCUT2D eigenvalue weighted by Crippen LogP contribution is 2.19. The molecule has 0 aliphatic carbocycles. The zero-order valence-electron chi connectivity index (χ0n) is 27.4. The summed E-state index contributed by atoms with van der Waals surface area (Å²) in [6.45, 7) is 0.388. The standard InChI is InChI=1S/C36H45N7O6/c1-39-31(18-22-9-13-25(44)14-10-22)35(48)43-32(19-23-11-15-26(45)16-12-23)36(49)41-29(8-4-5-17-37)34(47)42-30(33(38)46)20-24-21-40-28-7-3-2-6-27(24)28/h2-3,6-7,9-16,21,29-32,39-40,44-45H,4-5,8,17-20,37H2,1H3,(H2,38,46)(H,41,49)(H,42,47)(H,43,48)/t29-,30-,31-,32-/m0/s1. The molecule has 0 unspecified atom stereocenters. The van der Waals surface area contributed by atoms with E-state index in [2.05, 4.69) is 26.3 Å². The Bertz CT molecular complexity index is 1710. The molecule has 0 saturated heterocycles. The van der Waals surface area contributed by atoms with Crippen LogP contribution >= 0.6 is 0 Å². The number of phenols is 2. The normalized spacial score (nSPS) is 13.6. The SMILES string of the molecule is CN[C@@H](Cc1ccc(O)cc1)C(=O)N[C@@H](Cc1ccc(O)cc1)C(=O)N[C@@H](CCCCN)C(=O)N[C@@H](Cc1c[nH]c2ccccc12)C(N)=O. The van der Waals surface area contributed by atoms with Crippen LogP contribution in [0.1, 0.15) is 36.0 Å². The number of aromatic nitrogens is 1. The molecule has 0 aliphatic heterocycles. The Balaban J connectivity index is 1.52. The van der Waals surface area contributed by atoms with Crippen LogP contribution in [0.25, 0.3) is 10.9 Å². The van der Waals surface area contributed by atoms with E-state index in [1.807, 2.05) is 24.3 Å². The van der Waals surface area contributed by atoms with Crippen molar-refractivity contribution in [1.29, 1.82) is 0 Å². The van der Waals surface area contributed by atoms with E-state index in [9.17, 15) is 29.4 Å². The van der Waals surface area contributed by atoms with Crippen molar-refractivity contribution in [2.24, 2.45) is 11.5 Å². The highest BCUT2D eigenvalue weighted by molar-refractivity contribution is 5.95. The molecule has 1 heterocycles. The molecule has 13 heteroatoms. The number of amides is 4. The van der Waals surface area contributed by atoms with E-state index >= 15 is 0 Å². The third-order valence-electron chi connectivity index (χ3n) is 8.39. The van der Waals surface area contributed by atoms with Gasteiger partial charge in [0, 0.05) is 29.9 Å². The van der Waals surface area contributed by atoms with Crippen molar-refractivity contribution in [3.05, 3.63) is 95.7 Å². The van der Waals surface area contributed by atoms with Gasteiger partial charge in [0.25, 0.3) is 0 Å². The number of fused-ring (bicyclic) bond motifs is 1. The molecule has 11 N–H and O–H groups in total. The number of nitrogens with one attached hydrogen (secondary N) is 5. The molecular weight excluding hydrogens is 626 g/mol. The van der Waals surface area contributed by atoms with Gasteiger partial charge in [-0.25, -0.2) is 0 Å². The molecule has 0 aliphatic rings. The second-order valence-electron chi connectivity index (χ2n) is 12.0. The van der Waals surface area contributed by atoms with Crippen molar-refractivity contribution in [3.63, 3.8) is 0 Å². The summed E-state index contributed by atoms with van der Waals surface area (Å²) >= 11 is 0. The van der Waals surface area contributed by atoms with Crippen molar-refractivity contribution in [1.82, 2.24) is 26.3 Å². The van der Waals surface area contributed by atoms with Crippen LogP contribution in [-0.2, 0) is 38.4 Å². The van der Waals surface area contributed by atoms with Crippen LogP contribution in [0.4, 0.5) is 0 Å². The van der Waals surface area contributed by atoms with Gasteiger partial charge in [-0.3, -0.25) is 19.2 Å². The maximum atomic E-state index is 13.9. The van der Waals surface area contributed by atoms with Gasteiger partial charge in [0.15, 0.2) is 0 Å². The summed E-state index contributed by atoms with van der Waals surface area (Å²) in [6.07, 6.45) is 3.60. The average Bonchev–Trinajstić information content (AvgIpc) is 3.50. The van der Waals surface area contributed by atoms with Gasteiger partial charge in [-0.15, -0.1) is 0 Å². The maximum absolute atomic E-state index is 13.9. The first-order chi connectivity index (χ1) is 23.6. The largest absolute Gasteiger partial charge is 0.508 e. The summed E-state index contributed by atoms with van der Waals surface area (Å²) in [5.41, 5.74) is 14.6. The Morgan fingerprint density at radius 2 is 1.22 bits per heavy atom. The van der Waals surface area contributed by atoms with Crippen LogP contribution in [0.5, 0.6) is 11.5 Å². The molecule has 49 heavy (non-hydrogen) atoms. The Labute approximate surface area is 284 Å². The van der Waals surface area contributed by atoms with Crippen LogP contribution in [0.15, 0.2) is 79.0 Å². The number of carbonyl (C=O) groups excluding carboxylic acids is 4. The summed E-state index contributed by atoms with van der Waals surface area (Å²) in [4.78, 5) is 56.8. The number of carbonyl (C=O) groups is 4. The fourth-order valence-electron chi connectivity index (χ4n) is 5.59. The number of aromatic hydroxyl groups is 2. The molecule has 4 aromatic rings. The summed E-state index contributed by atoms with van der Waals surface area (Å²) in [5.74, 6) is -2.23. The predicted molar refractivity (Wildman–Crippen MR) is 186 cm³/mol. The van der Waals surface area contributed by atoms with Crippen LogP contribution in [0.3, 0.4) is 0 Å². The lowest BCUT2D eigenvalue weighted by atomic mass is 10.0. The van der Waals surface area contributed by atoms with Crippen molar-refractivity contribution in [3.8, 4) is 11.5 Å². The third-order valence-corrected chi connectivity index (χ3v) is 8.39. The van der Waals surface area contributed by atoms with Crippen molar-refractivity contribution >= 4 is 34.5 Å². The summed E-state index contributed by atoms with van der Waals surface area (Å²) in [6, 6.07) is 16.3. The number of para-hydroxylation sites is 1. The molecular formula is C36H45N7O6. The van der Waals surface area contributed by atoms with E-state index < -0.39 is 47.8 Å². The Hall–Kier alpha value is -5.40. The van der Waals surface area contributed by atoms with Gasteiger partial charge in [0.05, 0.1) is 6.04 Å². The first-order valence-electron chi connectivity index (χ1n) is 16.3. The Morgan fingerprint density at radius 3 is 1.82 bits per heavy atom. The lowest BCUT2D eigenvalue weighted by molar-refractivity contribution is -0.133. The van der Waals surface area contributed by atoms with Gasteiger partial charge in [0.1, 0.15) is 29.6 Å². The van der Waals surface area contributed by atoms with Crippen LogP contribution in [0, 0.1) is 0 Å². The number of likely N-dealkylation sites (N-methyl/N-ethyl adjacent to an activating group) is 1. The molecule has 0 fully saturated rings. The van der Waals surface area contributed by atoms with Crippen LogP contribution < -0.4 is 32.7 Å². The molecule has 0 saturated carbocycles. The lowest BCUT2D eigenvalue weighted by Gasteiger charge is -2.26. The minimum absolute atomic E-state index is 0.0474. The number of H-pyrrole nitrogens is 1. The first kappa shape index (κ1) is 36.4. The minimum Gasteiger partial charge on any atom is -0.508 e. The third kappa shape index (κ3) is 10.5. The van der Waals surface area contributed by atoms with Crippen molar-refractivity contribution in [2.45, 2.75) is 62.7 Å². The molecule has 260 valence electrons. The topological polar surface area (TPSA) is 225 Å². The maximum Gasteiger partial charge on any atom is 0.243 e. The number of rotatable bonds is 18. The van der Waals surface area contributed by atoms with E-state index in [0.29, 0.717) is 24.9 Å². The van der Waals surface area contributed by atoms with E-state index in [0.717, 1.165) is 22.0 Å². The van der Waals surface area contributed by atoms with Crippen LogP contribution in [0.2, 0.25) is 0 Å². The zero-order valence-corrected chi connectivity index (χ0v) is 27.4. The number of unbranched alkanes of at least 4 members (excludes halogenated alkanes) is 1. The molecule has 4 rings (SSSR count). The van der Waals surface area contributed by atoms with E-state index in [1.165, 1.54) is 24.3 Å². The first-order valence-corrected chi connectivity index (χ1v) is 16.3. The Morgan fingerprint density at radius 1 is 0.694 bits per heavy atom. The van der Waals surface area contributed by atoms with Crippen LogP contribution in [-0.4, -0.2) is 76.6 Å². The van der Waals surface area contributed by atoms with Crippen molar-refractivity contribution < 1.29 is 29.4 Å². The quantitative estimate of drug-likeness (QED) is 0.0699. The second-order valence-corrected chi connectivity index (χ2v) is 12.0. The fraction of sp³-hybridized carbons (Fsp3) is 0.333. The van der Waals surface area contributed by atoms with E-state index in [-0.39, 0.29) is 37.2 Å². The smallest absolute Gasteiger partial charge is 0.243 e. The van der Waals surface area contributed by atoms with Crippen molar-refractivity contribution in [2.75, 3.05) is 13.6 Å². The highest BCUT2D eigenvalue weighted by atomic mass is 16.3. The highest BCUT2D eigenvalue weighted by Gasteiger charge is 2.31. The summed E-state index contributed by atoms with van der Waals surface area (Å²) in [5, 5.41) is 31.6. The van der Waals surface area contributed by atoms with Gasteiger partial charge >= 0.3 is 0 Å². The number of nitrogens with two attached hydrogens (primary N) is 2. The fourth-order valence-corrected chi connectivity index (χ4v) is 5.59.